The molecule has 5 nitrogen and oxygen atoms in total. The molecule has 1 aromatic heterocycles. The Morgan fingerprint density at radius 2 is 1.92 bits per heavy atom. The number of halogens is 1. The summed E-state index contributed by atoms with van der Waals surface area (Å²) in [6, 6.07) is 7.62. The summed E-state index contributed by atoms with van der Waals surface area (Å²) in [5.74, 6) is -0.726. The lowest BCUT2D eigenvalue weighted by Gasteiger charge is -2.21. The predicted octanol–water partition coefficient (Wildman–Crippen LogP) is 4.73. The zero-order chi connectivity index (χ0) is 18.4. The normalized spacial score (nSPS) is 14.7. The second kappa shape index (κ2) is 8.80. The van der Waals surface area contributed by atoms with Crippen molar-refractivity contribution in [1.82, 2.24) is 5.32 Å². The molecule has 7 heteroatoms. The lowest BCUT2D eigenvalue weighted by Crippen LogP contribution is -2.28. The molecular weight excluding hydrogens is 353 g/mol. The lowest BCUT2D eigenvalue weighted by atomic mass is 9.88. The quantitative estimate of drug-likeness (QED) is 0.707. The van der Waals surface area contributed by atoms with Crippen LogP contribution in [0.25, 0.3) is 0 Å². The number of nitrogens with one attached hydrogen (secondary N) is 3. The van der Waals surface area contributed by atoms with Crippen LogP contribution in [0.2, 0.25) is 0 Å². The van der Waals surface area contributed by atoms with Crippen LogP contribution in [0.4, 0.5) is 20.6 Å². The van der Waals surface area contributed by atoms with Crippen molar-refractivity contribution >= 4 is 34.6 Å². The van der Waals surface area contributed by atoms with E-state index in [-0.39, 0.29) is 23.5 Å². The lowest BCUT2D eigenvalue weighted by molar-refractivity contribution is -0.120. The topological polar surface area (TPSA) is 70.2 Å². The van der Waals surface area contributed by atoms with Crippen LogP contribution in [0.1, 0.15) is 37.0 Å². The van der Waals surface area contributed by atoms with E-state index < -0.39 is 5.82 Å². The Bertz CT molecular complexity index is 758. The maximum absolute atomic E-state index is 14.0. The molecule has 1 fully saturated rings. The van der Waals surface area contributed by atoms with Crippen molar-refractivity contribution in [2.45, 2.75) is 38.6 Å². The summed E-state index contributed by atoms with van der Waals surface area (Å²) < 4.78 is 14.0. The standard InChI is InChI=1S/C19H22FN3O2S/c20-16-9-8-14(22-19(25)21-12-15-7-4-10-26-15)11-17(16)23-18(24)13-5-2-1-3-6-13/h4,7-11,13H,1-3,5-6,12H2,(H,23,24)(H2,21,22,25). The molecular formula is C19H22FN3O2S. The highest BCUT2D eigenvalue weighted by atomic mass is 32.1. The highest BCUT2D eigenvalue weighted by Crippen LogP contribution is 2.26. The SMILES string of the molecule is O=C(NCc1cccs1)Nc1ccc(F)c(NC(=O)C2CCCCC2)c1. The molecule has 0 spiro atoms. The predicted molar refractivity (Wildman–Crippen MR) is 102 cm³/mol. The van der Waals surface area contributed by atoms with Gasteiger partial charge in [-0.25, -0.2) is 9.18 Å². The molecule has 26 heavy (non-hydrogen) atoms. The average molecular weight is 375 g/mol. The van der Waals surface area contributed by atoms with Crippen molar-refractivity contribution in [3.63, 3.8) is 0 Å². The van der Waals surface area contributed by atoms with E-state index in [2.05, 4.69) is 16.0 Å². The van der Waals surface area contributed by atoms with Crippen LogP contribution in [0.15, 0.2) is 35.7 Å². The van der Waals surface area contributed by atoms with Gasteiger partial charge in [0.05, 0.1) is 12.2 Å². The van der Waals surface area contributed by atoms with Gasteiger partial charge in [-0.1, -0.05) is 25.3 Å². The van der Waals surface area contributed by atoms with Crippen LogP contribution >= 0.6 is 11.3 Å². The Morgan fingerprint density at radius 1 is 1.12 bits per heavy atom. The van der Waals surface area contributed by atoms with Crippen LogP contribution in [-0.4, -0.2) is 11.9 Å². The van der Waals surface area contributed by atoms with Crippen LogP contribution in [0, 0.1) is 11.7 Å². The van der Waals surface area contributed by atoms with Crippen LogP contribution in [0.5, 0.6) is 0 Å². The first-order valence-electron chi connectivity index (χ1n) is 8.79. The summed E-state index contributed by atoms with van der Waals surface area (Å²) in [6.07, 6.45) is 4.91. The Hall–Kier alpha value is -2.41. The number of amides is 3. The summed E-state index contributed by atoms with van der Waals surface area (Å²) in [5, 5.41) is 10.0. The van der Waals surface area contributed by atoms with Crippen molar-refractivity contribution in [2.75, 3.05) is 10.6 Å². The number of thiophene rings is 1. The Kier molecular flexibility index (Phi) is 6.22. The summed E-state index contributed by atoms with van der Waals surface area (Å²) in [7, 11) is 0. The highest BCUT2D eigenvalue weighted by molar-refractivity contribution is 7.09. The van der Waals surface area contributed by atoms with Crippen LogP contribution in [0.3, 0.4) is 0 Å². The molecule has 0 unspecified atom stereocenters. The van der Waals surface area contributed by atoms with Gasteiger partial charge in [0.25, 0.3) is 0 Å². The third-order valence-corrected chi connectivity index (χ3v) is 5.34. The van der Waals surface area contributed by atoms with E-state index in [0.29, 0.717) is 12.2 Å². The monoisotopic (exact) mass is 375 g/mol. The van der Waals surface area contributed by atoms with Gasteiger partial charge in [-0.15, -0.1) is 11.3 Å². The van der Waals surface area contributed by atoms with Crippen LogP contribution in [-0.2, 0) is 11.3 Å². The molecule has 1 aliphatic carbocycles. The molecule has 1 heterocycles. The molecule has 0 atom stereocenters. The van der Waals surface area contributed by atoms with Gasteiger partial charge < -0.3 is 16.0 Å². The number of carbonyl (C=O) groups is 2. The maximum atomic E-state index is 14.0. The molecule has 1 aromatic carbocycles. The summed E-state index contributed by atoms with van der Waals surface area (Å²) in [6.45, 7) is 0.427. The molecule has 0 aliphatic heterocycles. The minimum absolute atomic E-state index is 0.0612. The Balaban J connectivity index is 1.57. The zero-order valence-corrected chi connectivity index (χ0v) is 15.2. The third-order valence-electron chi connectivity index (χ3n) is 4.46. The molecule has 1 saturated carbocycles. The third kappa shape index (κ3) is 5.05. The fourth-order valence-electron chi connectivity index (χ4n) is 3.05. The van der Waals surface area contributed by atoms with Crippen molar-refractivity contribution in [3.05, 3.63) is 46.4 Å². The molecule has 1 aliphatic rings. The van der Waals surface area contributed by atoms with E-state index in [0.717, 1.165) is 37.0 Å². The average Bonchev–Trinajstić information content (AvgIpc) is 3.17. The fourth-order valence-corrected chi connectivity index (χ4v) is 3.70. The van der Waals surface area contributed by atoms with Gasteiger partial charge >= 0.3 is 6.03 Å². The van der Waals surface area contributed by atoms with Gasteiger partial charge in [-0.2, -0.15) is 0 Å². The molecule has 0 radical (unpaired) electrons. The number of urea groups is 1. The van der Waals surface area contributed by atoms with Gasteiger partial charge in [-0.3, -0.25) is 4.79 Å². The number of rotatable bonds is 5. The molecule has 2 aromatic rings. The van der Waals surface area contributed by atoms with Gasteiger partial charge in [0, 0.05) is 16.5 Å². The first kappa shape index (κ1) is 18.4. The number of anilines is 2. The summed E-state index contributed by atoms with van der Waals surface area (Å²) >= 11 is 1.56. The number of carbonyl (C=O) groups excluding carboxylic acids is 2. The van der Waals surface area contributed by atoms with Gasteiger partial charge in [0.1, 0.15) is 5.82 Å². The minimum atomic E-state index is -0.515. The van der Waals surface area contributed by atoms with Gasteiger partial charge in [0.15, 0.2) is 0 Å². The van der Waals surface area contributed by atoms with E-state index in [1.165, 1.54) is 18.2 Å². The first-order valence-corrected chi connectivity index (χ1v) is 9.67. The first-order chi connectivity index (χ1) is 12.6. The van der Waals surface area contributed by atoms with E-state index in [1.807, 2.05) is 17.5 Å². The van der Waals surface area contributed by atoms with E-state index in [9.17, 15) is 14.0 Å². The van der Waals surface area contributed by atoms with Gasteiger partial charge in [0.2, 0.25) is 5.91 Å². The van der Waals surface area contributed by atoms with Crippen LogP contribution < -0.4 is 16.0 Å². The molecule has 138 valence electrons. The summed E-state index contributed by atoms with van der Waals surface area (Å²) in [5.41, 5.74) is 0.519. The Morgan fingerprint density at radius 3 is 2.65 bits per heavy atom. The zero-order valence-electron chi connectivity index (χ0n) is 14.4. The largest absolute Gasteiger partial charge is 0.333 e. The highest BCUT2D eigenvalue weighted by Gasteiger charge is 2.22. The molecule has 3 rings (SSSR count). The van der Waals surface area contributed by atoms with E-state index in [4.69, 9.17) is 0 Å². The second-order valence-corrected chi connectivity index (χ2v) is 7.44. The second-order valence-electron chi connectivity index (χ2n) is 6.41. The molecule has 0 saturated heterocycles. The molecule has 3 N–H and O–H groups in total. The minimum Gasteiger partial charge on any atom is -0.333 e. The number of hydrogen-bond donors (Lipinski definition) is 3. The Labute approximate surface area is 156 Å². The maximum Gasteiger partial charge on any atom is 0.319 e. The van der Waals surface area contributed by atoms with E-state index >= 15 is 0 Å². The smallest absolute Gasteiger partial charge is 0.319 e. The fraction of sp³-hybridized carbons (Fsp3) is 0.368. The van der Waals surface area contributed by atoms with E-state index in [1.54, 1.807) is 11.3 Å². The van der Waals surface area contributed by atoms with Crippen molar-refractivity contribution in [1.29, 1.82) is 0 Å². The number of benzene rings is 1. The van der Waals surface area contributed by atoms with Crippen molar-refractivity contribution < 1.29 is 14.0 Å². The van der Waals surface area contributed by atoms with Crippen molar-refractivity contribution in [2.24, 2.45) is 5.92 Å². The van der Waals surface area contributed by atoms with Gasteiger partial charge in [-0.05, 0) is 42.5 Å². The van der Waals surface area contributed by atoms with Crippen molar-refractivity contribution in [3.8, 4) is 0 Å². The summed E-state index contributed by atoms with van der Waals surface area (Å²) in [4.78, 5) is 25.3. The number of hydrogen-bond acceptors (Lipinski definition) is 3. The molecule has 3 amide bonds. The molecule has 0 bridgehead atoms.